The standard InChI is InChI=1S/C8H17NO2S/c1-6(2)12-5-8(11)9-7(3)4-10/h6-7,10H,4-5H2,1-3H3,(H,9,11)/t7-/m1/s1. The maximum absolute atomic E-state index is 11.1. The molecule has 0 fully saturated rings. The number of carbonyl (C=O) groups excluding carboxylic acids is 1. The van der Waals surface area contributed by atoms with E-state index in [2.05, 4.69) is 5.32 Å². The molecule has 2 N–H and O–H groups in total. The van der Waals surface area contributed by atoms with Gasteiger partial charge in [0, 0.05) is 6.04 Å². The third-order valence-corrected chi connectivity index (χ3v) is 2.32. The summed E-state index contributed by atoms with van der Waals surface area (Å²) in [6, 6.07) is -0.134. The van der Waals surface area contributed by atoms with Crippen molar-refractivity contribution in [2.24, 2.45) is 0 Å². The number of hydrogen-bond donors (Lipinski definition) is 2. The Morgan fingerprint density at radius 2 is 2.08 bits per heavy atom. The summed E-state index contributed by atoms with van der Waals surface area (Å²) in [5, 5.41) is 11.8. The van der Waals surface area contributed by atoms with Gasteiger partial charge in [0.05, 0.1) is 12.4 Å². The van der Waals surface area contributed by atoms with Crippen molar-refractivity contribution in [1.29, 1.82) is 0 Å². The molecule has 0 radical (unpaired) electrons. The second kappa shape index (κ2) is 6.31. The SMILES string of the molecule is CC(C)SCC(=O)N[C@H](C)CO. The average molecular weight is 191 g/mol. The maximum Gasteiger partial charge on any atom is 0.230 e. The first-order valence-corrected chi connectivity index (χ1v) is 5.13. The van der Waals surface area contributed by atoms with Crippen molar-refractivity contribution >= 4 is 17.7 Å². The van der Waals surface area contributed by atoms with E-state index < -0.39 is 0 Å². The summed E-state index contributed by atoms with van der Waals surface area (Å²) >= 11 is 1.60. The minimum Gasteiger partial charge on any atom is -0.394 e. The topological polar surface area (TPSA) is 49.3 Å². The molecule has 0 heterocycles. The molecule has 0 aliphatic heterocycles. The van der Waals surface area contributed by atoms with E-state index in [9.17, 15) is 4.79 Å². The Labute approximate surface area is 77.9 Å². The third kappa shape index (κ3) is 6.49. The van der Waals surface area contributed by atoms with Crippen molar-refractivity contribution in [2.75, 3.05) is 12.4 Å². The molecule has 0 aliphatic carbocycles. The van der Waals surface area contributed by atoms with Gasteiger partial charge in [0.25, 0.3) is 0 Å². The van der Waals surface area contributed by atoms with Crippen LogP contribution in [-0.4, -0.2) is 34.7 Å². The first-order valence-electron chi connectivity index (χ1n) is 4.08. The highest BCUT2D eigenvalue weighted by atomic mass is 32.2. The molecule has 72 valence electrons. The Hall–Kier alpha value is -0.220. The Morgan fingerprint density at radius 1 is 1.50 bits per heavy atom. The summed E-state index contributed by atoms with van der Waals surface area (Å²) < 4.78 is 0. The van der Waals surface area contributed by atoms with E-state index in [-0.39, 0.29) is 18.6 Å². The van der Waals surface area contributed by atoms with Gasteiger partial charge in [0.2, 0.25) is 5.91 Å². The van der Waals surface area contributed by atoms with Gasteiger partial charge in [-0.2, -0.15) is 0 Å². The molecule has 4 heteroatoms. The average Bonchev–Trinajstić information content (AvgIpc) is 2.00. The van der Waals surface area contributed by atoms with Crippen LogP contribution >= 0.6 is 11.8 Å². The van der Waals surface area contributed by atoms with Gasteiger partial charge in [0.1, 0.15) is 0 Å². The zero-order valence-electron chi connectivity index (χ0n) is 7.83. The van der Waals surface area contributed by atoms with Crippen LogP contribution in [0.1, 0.15) is 20.8 Å². The summed E-state index contributed by atoms with van der Waals surface area (Å²) in [6.07, 6.45) is 0. The lowest BCUT2D eigenvalue weighted by Gasteiger charge is -2.10. The molecule has 0 saturated heterocycles. The highest BCUT2D eigenvalue weighted by Gasteiger charge is 2.06. The number of carbonyl (C=O) groups is 1. The predicted molar refractivity (Wildman–Crippen MR) is 52.3 cm³/mol. The quantitative estimate of drug-likeness (QED) is 0.670. The van der Waals surface area contributed by atoms with Crippen LogP contribution in [0.15, 0.2) is 0 Å². The molecule has 0 aliphatic rings. The third-order valence-electron chi connectivity index (χ3n) is 1.23. The van der Waals surface area contributed by atoms with Gasteiger partial charge in [-0.15, -0.1) is 11.8 Å². The van der Waals surface area contributed by atoms with Gasteiger partial charge >= 0.3 is 0 Å². The van der Waals surface area contributed by atoms with Crippen LogP contribution < -0.4 is 5.32 Å². The van der Waals surface area contributed by atoms with Crippen LogP contribution in [0.4, 0.5) is 0 Å². The monoisotopic (exact) mass is 191 g/mol. The number of nitrogens with one attached hydrogen (secondary N) is 1. The van der Waals surface area contributed by atoms with Gasteiger partial charge in [-0.1, -0.05) is 13.8 Å². The predicted octanol–water partition coefficient (Wildman–Crippen LogP) is 0.625. The Balaban J connectivity index is 3.46. The largest absolute Gasteiger partial charge is 0.394 e. The minimum atomic E-state index is -0.134. The molecule has 3 nitrogen and oxygen atoms in total. The van der Waals surface area contributed by atoms with E-state index in [1.54, 1.807) is 18.7 Å². The van der Waals surface area contributed by atoms with Crippen molar-refractivity contribution < 1.29 is 9.90 Å². The van der Waals surface area contributed by atoms with Gasteiger partial charge < -0.3 is 10.4 Å². The van der Waals surface area contributed by atoms with Crippen molar-refractivity contribution in [3.8, 4) is 0 Å². The summed E-state index contributed by atoms with van der Waals surface area (Å²) in [5.41, 5.74) is 0. The molecule has 0 aromatic carbocycles. The maximum atomic E-state index is 11.1. The van der Waals surface area contributed by atoms with Crippen LogP contribution in [0.3, 0.4) is 0 Å². The van der Waals surface area contributed by atoms with E-state index in [0.29, 0.717) is 11.0 Å². The molecule has 0 saturated carbocycles. The zero-order valence-corrected chi connectivity index (χ0v) is 8.65. The highest BCUT2D eigenvalue weighted by molar-refractivity contribution is 8.00. The summed E-state index contributed by atoms with van der Waals surface area (Å²) in [5.74, 6) is 0.470. The molecule has 0 spiro atoms. The molecule has 12 heavy (non-hydrogen) atoms. The van der Waals surface area contributed by atoms with Gasteiger partial charge in [0.15, 0.2) is 0 Å². The molecule has 0 unspecified atom stereocenters. The number of amides is 1. The summed E-state index contributed by atoms with van der Waals surface area (Å²) in [6.45, 7) is 5.87. The van der Waals surface area contributed by atoms with Crippen LogP contribution in [0.25, 0.3) is 0 Å². The summed E-state index contributed by atoms with van der Waals surface area (Å²) in [4.78, 5) is 11.1. The van der Waals surface area contributed by atoms with Crippen LogP contribution in [0.2, 0.25) is 0 Å². The van der Waals surface area contributed by atoms with E-state index in [1.165, 1.54) is 0 Å². The van der Waals surface area contributed by atoms with E-state index in [1.807, 2.05) is 13.8 Å². The smallest absolute Gasteiger partial charge is 0.230 e. The van der Waals surface area contributed by atoms with Crippen LogP contribution in [0, 0.1) is 0 Å². The first-order chi connectivity index (χ1) is 5.56. The number of aliphatic hydroxyl groups is 1. The second-order valence-corrected chi connectivity index (χ2v) is 4.58. The lowest BCUT2D eigenvalue weighted by atomic mass is 10.4. The van der Waals surface area contributed by atoms with Gasteiger partial charge in [-0.05, 0) is 12.2 Å². The molecule has 1 amide bonds. The van der Waals surface area contributed by atoms with Crippen molar-refractivity contribution in [3.63, 3.8) is 0 Å². The molecular formula is C8H17NO2S. The van der Waals surface area contributed by atoms with Crippen molar-refractivity contribution in [1.82, 2.24) is 5.32 Å². The Bertz CT molecular complexity index is 139. The van der Waals surface area contributed by atoms with E-state index in [0.717, 1.165) is 0 Å². The van der Waals surface area contributed by atoms with Crippen molar-refractivity contribution in [2.45, 2.75) is 32.1 Å². The zero-order chi connectivity index (χ0) is 9.56. The molecule has 0 rings (SSSR count). The number of aliphatic hydroxyl groups excluding tert-OH is 1. The van der Waals surface area contributed by atoms with Gasteiger partial charge in [-0.25, -0.2) is 0 Å². The fraction of sp³-hybridized carbons (Fsp3) is 0.875. The molecule has 0 aromatic heterocycles. The Morgan fingerprint density at radius 3 is 2.50 bits per heavy atom. The highest BCUT2D eigenvalue weighted by Crippen LogP contribution is 2.07. The normalized spacial score (nSPS) is 13.1. The van der Waals surface area contributed by atoms with Crippen molar-refractivity contribution in [3.05, 3.63) is 0 Å². The molecule has 1 atom stereocenters. The lowest BCUT2D eigenvalue weighted by molar-refractivity contribution is -0.119. The second-order valence-electron chi connectivity index (χ2n) is 3.01. The number of rotatable bonds is 5. The molecule has 0 aromatic rings. The van der Waals surface area contributed by atoms with E-state index >= 15 is 0 Å². The van der Waals surface area contributed by atoms with Crippen LogP contribution in [-0.2, 0) is 4.79 Å². The Kier molecular flexibility index (Phi) is 6.20. The number of hydrogen-bond acceptors (Lipinski definition) is 3. The summed E-state index contributed by atoms with van der Waals surface area (Å²) in [7, 11) is 0. The van der Waals surface area contributed by atoms with Gasteiger partial charge in [-0.3, -0.25) is 4.79 Å². The van der Waals surface area contributed by atoms with E-state index in [4.69, 9.17) is 5.11 Å². The number of thioether (sulfide) groups is 1. The minimum absolute atomic E-state index is 0.00190. The first kappa shape index (κ1) is 11.8. The fourth-order valence-corrected chi connectivity index (χ4v) is 1.17. The lowest BCUT2D eigenvalue weighted by Crippen LogP contribution is -2.36. The fourth-order valence-electron chi connectivity index (χ4n) is 0.604. The molecular weight excluding hydrogens is 174 g/mol. The van der Waals surface area contributed by atoms with Crippen LogP contribution in [0.5, 0.6) is 0 Å². The molecule has 0 bridgehead atoms.